The molecular weight excluding hydrogens is 558 g/mol. The molecule has 2 N–H and O–H groups in total. The van der Waals surface area contributed by atoms with Crippen LogP contribution in [0.25, 0.3) is 0 Å². The Bertz CT molecular complexity index is 1270. The maximum absolute atomic E-state index is 13.6. The second kappa shape index (κ2) is 15.5. The van der Waals surface area contributed by atoms with Crippen LogP contribution < -0.4 is 16.4 Å². The van der Waals surface area contributed by atoms with Crippen molar-refractivity contribution in [3.63, 3.8) is 0 Å². The van der Waals surface area contributed by atoms with Crippen molar-refractivity contribution in [3.8, 4) is 0 Å². The zero-order valence-corrected chi connectivity index (χ0v) is 26.1. The molecule has 232 valence electrons. The quantitative estimate of drug-likeness (QED) is 0.348. The molecule has 2 amide bonds. The predicted octanol–water partition coefficient (Wildman–Crippen LogP) is 4.21. The van der Waals surface area contributed by atoms with Gasteiger partial charge in [0.1, 0.15) is 0 Å². The molecule has 10 nitrogen and oxygen atoms in total. The Balaban J connectivity index is 0.00000484. The number of benzene rings is 1. The number of halogens is 1. The van der Waals surface area contributed by atoms with Crippen LogP contribution in [0.15, 0.2) is 33.5 Å². The molecule has 3 atom stereocenters. The molecule has 0 radical (unpaired) electrons. The van der Waals surface area contributed by atoms with E-state index in [-0.39, 0.29) is 48.0 Å². The third-order valence-electron chi connectivity index (χ3n) is 7.97. The lowest BCUT2D eigenvalue weighted by Gasteiger charge is -2.32. The molecule has 2 heterocycles. The number of carbonyl (C=O) groups is 3. The summed E-state index contributed by atoms with van der Waals surface area (Å²) in [6, 6.07) is 6.46. The number of nitrogens with one attached hydrogen (secondary N) is 2. The van der Waals surface area contributed by atoms with Crippen molar-refractivity contribution in [1.82, 2.24) is 25.3 Å². The number of amides is 2. The van der Waals surface area contributed by atoms with Gasteiger partial charge in [0, 0.05) is 18.2 Å². The van der Waals surface area contributed by atoms with Gasteiger partial charge < -0.3 is 15.1 Å². The van der Waals surface area contributed by atoms with E-state index in [1.807, 2.05) is 52.0 Å². The molecule has 1 aliphatic carbocycles. The molecule has 1 aromatic carbocycles. The Morgan fingerprint density at radius 1 is 1.00 bits per heavy atom. The summed E-state index contributed by atoms with van der Waals surface area (Å²) >= 11 is 0. The van der Waals surface area contributed by atoms with E-state index in [0.717, 1.165) is 42.7 Å². The van der Waals surface area contributed by atoms with E-state index in [2.05, 4.69) is 20.6 Å². The smallest absolute Gasteiger partial charge is 0.384 e. The van der Waals surface area contributed by atoms with Crippen LogP contribution in [0.3, 0.4) is 0 Å². The van der Waals surface area contributed by atoms with Crippen molar-refractivity contribution in [3.05, 3.63) is 51.8 Å². The fourth-order valence-corrected chi connectivity index (χ4v) is 5.92. The Morgan fingerprint density at radius 3 is 2.38 bits per heavy atom. The third-order valence-corrected chi connectivity index (χ3v) is 7.97. The predicted molar refractivity (Wildman–Crippen MR) is 163 cm³/mol. The lowest BCUT2D eigenvalue weighted by Crippen LogP contribution is -2.52. The Kier molecular flexibility index (Phi) is 12.4. The number of nitrogens with zero attached hydrogens (tertiary/aromatic N) is 3. The topological polar surface area (TPSA) is 127 Å². The van der Waals surface area contributed by atoms with Crippen molar-refractivity contribution in [1.29, 1.82) is 0 Å². The molecule has 1 aromatic heterocycles. The summed E-state index contributed by atoms with van der Waals surface area (Å²) in [6.45, 7) is 11.0. The molecule has 0 bridgehead atoms. The van der Waals surface area contributed by atoms with E-state index >= 15 is 0 Å². The van der Waals surface area contributed by atoms with Crippen molar-refractivity contribution >= 4 is 30.0 Å². The minimum absolute atomic E-state index is 0. The number of likely N-dealkylation sites (tertiary alicyclic amines) is 1. The largest absolute Gasteiger partial charge is 0.437 e. The fraction of sp³-hybridized carbons (Fsp3) is 0.645. The van der Waals surface area contributed by atoms with E-state index in [4.69, 9.17) is 4.42 Å². The number of hydrogen-bond acceptors (Lipinski definition) is 7. The monoisotopic (exact) mass is 603 g/mol. The number of ketones is 1. The molecule has 1 saturated heterocycles. The number of hydrogen-bond donors (Lipinski definition) is 2. The fourth-order valence-electron chi connectivity index (χ4n) is 5.92. The number of rotatable bonds is 12. The third kappa shape index (κ3) is 8.77. The van der Waals surface area contributed by atoms with Gasteiger partial charge in [0.15, 0.2) is 0 Å². The maximum Gasteiger partial charge on any atom is 0.437 e. The maximum atomic E-state index is 13.6. The summed E-state index contributed by atoms with van der Waals surface area (Å²) in [5, 5.41) is 10.2. The van der Waals surface area contributed by atoms with E-state index in [1.165, 1.54) is 12.8 Å². The highest BCUT2D eigenvalue weighted by Gasteiger charge is 2.36. The Hall–Kier alpha value is -2.98. The van der Waals surface area contributed by atoms with Gasteiger partial charge in [0.25, 0.3) is 11.8 Å². The molecule has 2 aromatic rings. The summed E-state index contributed by atoms with van der Waals surface area (Å²) in [4.78, 5) is 55.1. The molecule has 11 heteroatoms. The van der Waals surface area contributed by atoms with E-state index in [9.17, 15) is 19.2 Å². The lowest BCUT2D eigenvalue weighted by molar-refractivity contribution is -0.127. The molecule has 2 aliphatic rings. The highest BCUT2D eigenvalue weighted by Crippen LogP contribution is 2.26. The second-order valence-electron chi connectivity index (χ2n) is 12.4. The first-order valence-corrected chi connectivity index (χ1v) is 15.2. The minimum Gasteiger partial charge on any atom is -0.384 e. The minimum atomic E-state index is -0.882. The van der Waals surface area contributed by atoms with Gasteiger partial charge in [-0.25, -0.2) is 4.79 Å². The van der Waals surface area contributed by atoms with Gasteiger partial charge in [-0.3, -0.25) is 19.3 Å². The molecule has 0 unspecified atom stereocenters. The van der Waals surface area contributed by atoms with Crippen molar-refractivity contribution in [2.24, 2.45) is 17.8 Å². The van der Waals surface area contributed by atoms with Crippen LogP contribution in [-0.4, -0.2) is 57.5 Å². The average Bonchev–Trinajstić information content (AvgIpc) is 3.57. The average molecular weight is 604 g/mol. The molecule has 0 spiro atoms. The van der Waals surface area contributed by atoms with Gasteiger partial charge >= 0.3 is 5.76 Å². The Labute approximate surface area is 254 Å². The standard InChI is InChI=1S/C31H45N5O5.ClH/c1-20(2)17-26(27(37)30-34-36(18-21(3)4)31(40)41-30)33-29(39)24-13-7-8-14-25(24)32-28(38)23-12-6-5-11-22(23)19-35-15-9-10-16-35;/h5-6,11-12,20-21,24-26H,7-10,13-19H2,1-4H3,(H,32,38)(H,33,39);1H/t24-,25+,26+;/m1./s1. The van der Waals surface area contributed by atoms with Gasteiger partial charge in [-0.15, -0.1) is 17.5 Å². The first-order chi connectivity index (χ1) is 19.6. The molecule has 1 aliphatic heterocycles. The van der Waals surface area contributed by atoms with Gasteiger partial charge in [-0.05, 0) is 68.7 Å². The molecule has 1 saturated carbocycles. The van der Waals surface area contributed by atoms with Crippen molar-refractivity contribution in [2.75, 3.05) is 13.1 Å². The number of carbonyl (C=O) groups excluding carboxylic acids is 3. The van der Waals surface area contributed by atoms with E-state index in [1.54, 1.807) is 0 Å². The molecule has 2 fully saturated rings. The second-order valence-corrected chi connectivity index (χ2v) is 12.4. The van der Waals surface area contributed by atoms with Gasteiger partial charge in [0.2, 0.25) is 11.7 Å². The van der Waals surface area contributed by atoms with Gasteiger partial charge in [0.05, 0.1) is 18.5 Å². The van der Waals surface area contributed by atoms with Crippen LogP contribution in [0.4, 0.5) is 0 Å². The number of aromatic nitrogens is 2. The van der Waals surface area contributed by atoms with Crippen LogP contribution in [-0.2, 0) is 17.9 Å². The molecule has 4 rings (SSSR count). The van der Waals surface area contributed by atoms with Crippen molar-refractivity contribution < 1.29 is 18.8 Å². The summed E-state index contributed by atoms with van der Waals surface area (Å²) in [6.07, 6.45) is 5.82. The van der Waals surface area contributed by atoms with Crippen LogP contribution in [0.2, 0.25) is 0 Å². The van der Waals surface area contributed by atoms with Gasteiger partial charge in [-0.1, -0.05) is 58.7 Å². The summed E-state index contributed by atoms with van der Waals surface area (Å²) in [7, 11) is 0. The summed E-state index contributed by atoms with van der Waals surface area (Å²) in [5.41, 5.74) is 1.63. The normalized spacial score (nSPS) is 19.9. The lowest BCUT2D eigenvalue weighted by atomic mass is 9.83. The highest BCUT2D eigenvalue weighted by molar-refractivity contribution is 5.99. The van der Waals surface area contributed by atoms with Gasteiger partial charge in [-0.2, -0.15) is 4.68 Å². The first kappa shape index (κ1) is 33.5. The zero-order chi connectivity index (χ0) is 29.5. The van der Waals surface area contributed by atoms with E-state index < -0.39 is 23.5 Å². The van der Waals surface area contributed by atoms with Crippen LogP contribution in [0, 0.1) is 17.8 Å². The van der Waals surface area contributed by atoms with Crippen LogP contribution in [0.1, 0.15) is 99.2 Å². The summed E-state index contributed by atoms with van der Waals surface area (Å²) < 4.78 is 6.34. The number of Topliss-reactive ketones (excluding diaryl/α,β-unsaturated/α-hetero) is 1. The molecular formula is C31H46ClN5O5. The van der Waals surface area contributed by atoms with Crippen molar-refractivity contribution in [2.45, 2.75) is 97.8 Å². The van der Waals surface area contributed by atoms with Crippen LogP contribution >= 0.6 is 12.4 Å². The van der Waals surface area contributed by atoms with Crippen LogP contribution in [0.5, 0.6) is 0 Å². The first-order valence-electron chi connectivity index (χ1n) is 15.2. The molecule has 42 heavy (non-hydrogen) atoms. The Morgan fingerprint density at radius 2 is 1.69 bits per heavy atom. The highest BCUT2D eigenvalue weighted by atomic mass is 35.5. The van der Waals surface area contributed by atoms with E-state index in [0.29, 0.717) is 31.4 Å². The zero-order valence-electron chi connectivity index (χ0n) is 25.3. The summed E-state index contributed by atoms with van der Waals surface area (Å²) in [5.74, 6) is -2.15. The SMILES string of the molecule is CC(C)C[C@H](NC(=O)[C@@H]1CCCC[C@@H]1NC(=O)c1ccccc1CN1CCCC1)C(=O)c1nn(CC(C)C)c(=O)o1.Cl.